The van der Waals surface area contributed by atoms with Gasteiger partial charge in [0.25, 0.3) is 0 Å². The first-order valence-corrected chi connectivity index (χ1v) is 6.32. The van der Waals surface area contributed by atoms with Crippen LogP contribution in [0.5, 0.6) is 0 Å². The van der Waals surface area contributed by atoms with Crippen molar-refractivity contribution in [2.45, 2.75) is 13.8 Å². The van der Waals surface area contributed by atoms with Crippen molar-refractivity contribution in [2.75, 3.05) is 0 Å². The monoisotopic (exact) mass is 293 g/mol. The Balaban J connectivity index is 2.28. The maximum absolute atomic E-state index is 5.79. The second-order valence-corrected chi connectivity index (χ2v) is 4.89. The van der Waals surface area contributed by atoms with Crippen molar-refractivity contribution in [3.63, 3.8) is 0 Å². The van der Waals surface area contributed by atoms with Crippen LogP contribution in [0.2, 0.25) is 10.6 Å². The molecule has 19 heavy (non-hydrogen) atoms. The number of hydrogen-bond donors (Lipinski definition) is 0. The lowest BCUT2D eigenvalue weighted by Crippen LogP contribution is -2.02. The minimum atomic E-state index is 0.0562. The molecule has 7 heteroatoms. The minimum Gasteiger partial charge on any atom is -0.267 e. The molecule has 0 spiro atoms. The number of halogens is 2. The quantitative estimate of drug-likeness (QED) is 0.692. The molecule has 0 radical (unpaired) electrons. The molecule has 0 saturated heterocycles. The summed E-state index contributed by atoms with van der Waals surface area (Å²) < 4.78 is 1.74. The number of imidazole rings is 1. The Hall–Kier alpha value is -1.72. The van der Waals surface area contributed by atoms with Crippen molar-refractivity contribution < 1.29 is 0 Å². The normalized spacial score (nSPS) is 11.2. The summed E-state index contributed by atoms with van der Waals surface area (Å²) in [5, 5.41) is 0.112. The molecule has 3 rings (SSSR count). The largest absolute Gasteiger partial charge is 0.267 e. The van der Waals surface area contributed by atoms with Crippen LogP contribution in [0.1, 0.15) is 11.1 Å². The molecule has 0 atom stereocenters. The maximum Gasteiger partial charge on any atom is 0.241 e. The van der Waals surface area contributed by atoms with Crippen molar-refractivity contribution in [1.82, 2.24) is 24.5 Å². The topological polar surface area (TPSA) is 56.5 Å². The van der Waals surface area contributed by atoms with Crippen LogP contribution in [0.3, 0.4) is 0 Å². The third-order valence-corrected chi connectivity index (χ3v) is 3.29. The van der Waals surface area contributed by atoms with Crippen molar-refractivity contribution in [1.29, 1.82) is 0 Å². The fourth-order valence-electron chi connectivity index (χ4n) is 1.85. The van der Waals surface area contributed by atoms with E-state index in [0.29, 0.717) is 5.95 Å². The summed E-state index contributed by atoms with van der Waals surface area (Å²) in [7, 11) is 0. The number of rotatable bonds is 1. The molecule has 0 bridgehead atoms. The lowest BCUT2D eigenvalue weighted by atomic mass is 10.1. The number of benzene rings is 1. The Morgan fingerprint density at radius 3 is 2.26 bits per heavy atom. The van der Waals surface area contributed by atoms with Gasteiger partial charge in [0.2, 0.25) is 16.5 Å². The Labute approximate surface area is 119 Å². The van der Waals surface area contributed by atoms with Crippen LogP contribution < -0.4 is 0 Å². The minimum absolute atomic E-state index is 0.0562. The fraction of sp³-hybridized carbons (Fsp3) is 0.167. The van der Waals surface area contributed by atoms with E-state index >= 15 is 0 Å². The average molecular weight is 294 g/mol. The molecule has 0 saturated carbocycles. The molecule has 0 aliphatic carbocycles. The summed E-state index contributed by atoms with van der Waals surface area (Å²) in [4.78, 5) is 16.2. The van der Waals surface area contributed by atoms with Gasteiger partial charge >= 0.3 is 0 Å². The van der Waals surface area contributed by atoms with E-state index in [-0.39, 0.29) is 10.6 Å². The van der Waals surface area contributed by atoms with E-state index in [1.807, 2.05) is 26.0 Å². The van der Waals surface area contributed by atoms with E-state index < -0.39 is 0 Å². The van der Waals surface area contributed by atoms with Crippen molar-refractivity contribution in [3.8, 4) is 5.95 Å². The first kappa shape index (κ1) is 12.3. The van der Waals surface area contributed by atoms with Crippen LogP contribution in [0.4, 0.5) is 0 Å². The number of nitrogens with zero attached hydrogens (tertiary/aromatic N) is 5. The van der Waals surface area contributed by atoms with Crippen molar-refractivity contribution >= 4 is 34.2 Å². The number of hydrogen-bond acceptors (Lipinski definition) is 4. The molecular weight excluding hydrogens is 285 g/mol. The Kier molecular flexibility index (Phi) is 2.88. The molecule has 0 aliphatic rings. The fourth-order valence-corrected chi connectivity index (χ4v) is 2.20. The van der Waals surface area contributed by atoms with Gasteiger partial charge in [0.15, 0.2) is 0 Å². The van der Waals surface area contributed by atoms with Gasteiger partial charge in [-0.3, -0.25) is 4.57 Å². The highest BCUT2D eigenvalue weighted by Gasteiger charge is 2.10. The lowest BCUT2D eigenvalue weighted by Gasteiger charge is -2.04. The first-order chi connectivity index (χ1) is 9.04. The zero-order valence-electron chi connectivity index (χ0n) is 10.2. The van der Waals surface area contributed by atoms with Gasteiger partial charge in [-0.2, -0.15) is 15.0 Å². The summed E-state index contributed by atoms with van der Waals surface area (Å²) in [5.74, 6) is 0.357. The Morgan fingerprint density at radius 2 is 1.58 bits per heavy atom. The molecule has 2 aromatic heterocycles. The van der Waals surface area contributed by atoms with Crippen LogP contribution in [-0.4, -0.2) is 24.5 Å². The molecule has 2 heterocycles. The molecule has 3 aromatic rings. The third-order valence-electron chi connectivity index (χ3n) is 2.95. The molecular formula is C12H9Cl2N5. The predicted octanol–water partition coefficient (Wildman–Crippen LogP) is 3.13. The zero-order valence-corrected chi connectivity index (χ0v) is 11.7. The molecule has 5 nitrogen and oxygen atoms in total. The van der Waals surface area contributed by atoms with E-state index in [0.717, 1.165) is 11.0 Å². The van der Waals surface area contributed by atoms with Crippen LogP contribution in [0.15, 0.2) is 18.5 Å². The highest BCUT2D eigenvalue weighted by atomic mass is 35.5. The number of fused-ring (bicyclic) bond motifs is 1. The summed E-state index contributed by atoms with van der Waals surface area (Å²) >= 11 is 11.6. The third kappa shape index (κ3) is 2.15. The first-order valence-electron chi connectivity index (χ1n) is 5.56. The second-order valence-electron chi connectivity index (χ2n) is 4.21. The van der Waals surface area contributed by atoms with Crippen molar-refractivity contribution in [3.05, 3.63) is 40.2 Å². The van der Waals surface area contributed by atoms with E-state index in [9.17, 15) is 0 Å². The Bertz CT molecular complexity index is 761. The smallest absolute Gasteiger partial charge is 0.241 e. The SMILES string of the molecule is Cc1cc2ncn(-c3nc(Cl)nc(Cl)n3)c2cc1C. The summed E-state index contributed by atoms with van der Waals surface area (Å²) in [5.41, 5.74) is 4.13. The van der Waals surface area contributed by atoms with Crippen LogP contribution >= 0.6 is 23.2 Å². The van der Waals surface area contributed by atoms with Crippen molar-refractivity contribution in [2.24, 2.45) is 0 Å². The second kappa shape index (κ2) is 4.43. The highest BCUT2D eigenvalue weighted by Crippen LogP contribution is 2.21. The van der Waals surface area contributed by atoms with Gasteiger partial charge in [-0.15, -0.1) is 0 Å². The maximum atomic E-state index is 5.79. The van der Waals surface area contributed by atoms with E-state index in [2.05, 4.69) is 19.9 Å². The highest BCUT2D eigenvalue weighted by molar-refractivity contribution is 6.31. The van der Waals surface area contributed by atoms with Gasteiger partial charge in [-0.05, 0) is 60.3 Å². The predicted molar refractivity (Wildman–Crippen MR) is 73.9 cm³/mol. The summed E-state index contributed by atoms with van der Waals surface area (Å²) in [6.07, 6.45) is 1.64. The van der Waals surface area contributed by atoms with Crippen LogP contribution in [-0.2, 0) is 0 Å². The molecule has 0 N–H and O–H groups in total. The molecule has 0 amide bonds. The van der Waals surface area contributed by atoms with Crippen LogP contribution in [0.25, 0.3) is 17.0 Å². The molecule has 1 aromatic carbocycles. The van der Waals surface area contributed by atoms with Gasteiger partial charge in [0.1, 0.15) is 6.33 Å². The zero-order chi connectivity index (χ0) is 13.6. The number of aryl methyl sites for hydroxylation is 2. The molecule has 0 unspecified atom stereocenters. The Morgan fingerprint density at radius 1 is 0.947 bits per heavy atom. The molecule has 96 valence electrons. The van der Waals surface area contributed by atoms with E-state index in [1.165, 1.54) is 11.1 Å². The number of aromatic nitrogens is 5. The molecule has 0 aliphatic heterocycles. The van der Waals surface area contributed by atoms with Crippen LogP contribution in [0, 0.1) is 13.8 Å². The molecule has 0 fully saturated rings. The van der Waals surface area contributed by atoms with Gasteiger partial charge in [-0.1, -0.05) is 0 Å². The average Bonchev–Trinajstić information content (AvgIpc) is 2.71. The van der Waals surface area contributed by atoms with Gasteiger partial charge < -0.3 is 0 Å². The summed E-state index contributed by atoms with van der Waals surface area (Å²) in [6.45, 7) is 4.09. The van der Waals surface area contributed by atoms with Gasteiger partial charge in [0, 0.05) is 0 Å². The summed E-state index contributed by atoms with van der Waals surface area (Å²) in [6, 6.07) is 4.05. The lowest BCUT2D eigenvalue weighted by molar-refractivity contribution is 0.912. The van der Waals surface area contributed by atoms with E-state index in [1.54, 1.807) is 10.9 Å². The van der Waals surface area contributed by atoms with Gasteiger partial charge in [-0.25, -0.2) is 4.98 Å². The standard InChI is InChI=1S/C12H9Cl2N5/c1-6-3-8-9(4-7(6)2)19(5-15-8)12-17-10(13)16-11(14)18-12/h3-5H,1-2H3. The van der Waals surface area contributed by atoms with Gasteiger partial charge in [0.05, 0.1) is 11.0 Å². The van der Waals surface area contributed by atoms with E-state index in [4.69, 9.17) is 23.2 Å².